The van der Waals surface area contributed by atoms with Gasteiger partial charge in [0.05, 0.1) is 5.56 Å². The quantitative estimate of drug-likeness (QED) is 0.899. The third kappa shape index (κ3) is 3.38. The van der Waals surface area contributed by atoms with Gasteiger partial charge in [-0.15, -0.1) is 0 Å². The van der Waals surface area contributed by atoms with Crippen LogP contribution in [0.3, 0.4) is 0 Å². The summed E-state index contributed by atoms with van der Waals surface area (Å²) >= 11 is 3.14. The van der Waals surface area contributed by atoms with E-state index >= 15 is 0 Å². The minimum atomic E-state index is -4.36. The molecule has 0 fully saturated rings. The predicted octanol–water partition coefficient (Wildman–Crippen LogP) is 3.23. The lowest BCUT2D eigenvalue weighted by atomic mass is 10.1. The van der Waals surface area contributed by atoms with Crippen molar-refractivity contribution in [1.82, 2.24) is 0 Å². The highest BCUT2D eigenvalue weighted by Crippen LogP contribution is 2.36. The maximum atomic E-state index is 12.6. The van der Waals surface area contributed by atoms with Crippen molar-refractivity contribution in [2.45, 2.75) is 19.1 Å². The van der Waals surface area contributed by atoms with Gasteiger partial charge in [0.25, 0.3) is 0 Å². The zero-order valence-electron chi connectivity index (χ0n) is 8.61. The molecule has 0 aliphatic carbocycles. The molecule has 0 heterocycles. The predicted molar refractivity (Wildman–Crippen MR) is 61.3 cm³/mol. The molecule has 0 aliphatic rings. The Morgan fingerprint density at radius 2 is 2.06 bits per heavy atom. The second-order valence-corrected chi connectivity index (χ2v) is 4.38. The summed E-state index contributed by atoms with van der Waals surface area (Å²) in [6.45, 7) is 1.99. The lowest BCUT2D eigenvalue weighted by Gasteiger charge is -2.18. The molecule has 0 saturated carbocycles. The van der Waals surface area contributed by atoms with Crippen LogP contribution in [0.4, 0.5) is 18.9 Å². The fourth-order valence-corrected chi connectivity index (χ4v) is 1.57. The molecule has 0 aliphatic heterocycles. The van der Waals surface area contributed by atoms with E-state index in [2.05, 4.69) is 21.2 Å². The van der Waals surface area contributed by atoms with Gasteiger partial charge < -0.3 is 11.1 Å². The Morgan fingerprint density at radius 1 is 1.44 bits per heavy atom. The number of alkyl halides is 3. The van der Waals surface area contributed by atoms with Crippen LogP contribution in [0.5, 0.6) is 0 Å². The third-order valence-electron chi connectivity index (χ3n) is 2.04. The summed E-state index contributed by atoms with van der Waals surface area (Å²) in [5.41, 5.74) is 4.72. The molecule has 1 aromatic carbocycles. The van der Waals surface area contributed by atoms with E-state index in [1.807, 2.05) is 0 Å². The Bertz CT molecular complexity index is 366. The van der Waals surface area contributed by atoms with Crippen molar-refractivity contribution in [3.8, 4) is 0 Å². The highest BCUT2D eigenvalue weighted by molar-refractivity contribution is 9.10. The fraction of sp³-hybridized carbons (Fsp3) is 0.400. The zero-order chi connectivity index (χ0) is 12.3. The number of hydrogen-bond donors (Lipinski definition) is 2. The first-order valence-electron chi connectivity index (χ1n) is 4.68. The van der Waals surface area contributed by atoms with Crippen LogP contribution >= 0.6 is 15.9 Å². The molecule has 0 amide bonds. The third-order valence-corrected chi connectivity index (χ3v) is 2.54. The van der Waals surface area contributed by atoms with Gasteiger partial charge in [0.2, 0.25) is 0 Å². The van der Waals surface area contributed by atoms with Crippen LogP contribution in [0.25, 0.3) is 0 Å². The first-order chi connectivity index (χ1) is 7.34. The van der Waals surface area contributed by atoms with Crippen molar-refractivity contribution in [2.75, 3.05) is 11.9 Å². The van der Waals surface area contributed by atoms with Gasteiger partial charge >= 0.3 is 6.18 Å². The SMILES string of the molecule is CC(CN)Nc1cc(Br)ccc1C(F)(F)F. The van der Waals surface area contributed by atoms with E-state index in [1.165, 1.54) is 12.1 Å². The number of hydrogen-bond acceptors (Lipinski definition) is 2. The number of nitrogens with one attached hydrogen (secondary N) is 1. The van der Waals surface area contributed by atoms with Crippen LogP contribution in [0, 0.1) is 0 Å². The van der Waals surface area contributed by atoms with Crippen LogP contribution in [-0.2, 0) is 6.18 Å². The number of halogens is 4. The zero-order valence-corrected chi connectivity index (χ0v) is 10.2. The molecular formula is C10H12BrF3N2. The maximum absolute atomic E-state index is 12.6. The lowest BCUT2D eigenvalue weighted by molar-refractivity contribution is -0.137. The van der Waals surface area contributed by atoms with Gasteiger partial charge in [-0.25, -0.2) is 0 Å². The van der Waals surface area contributed by atoms with Crippen molar-refractivity contribution in [3.63, 3.8) is 0 Å². The summed E-state index contributed by atoms with van der Waals surface area (Å²) in [5.74, 6) is 0. The van der Waals surface area contributed by atoms with E-state index in [-0.39, 0.29) is 18.3 Å². The van der Waals surface area contributed by atoms with Crippen molar-refractivity contribution < 1.29 is 13.2 Å². The van der Waals surface area contributed by atoms with E-state index < -0.39 is 11.7 Å². The number of anilines is 1. The Hall–Kier alpha value is -0.750. The molecule has 0 spiro atoms. The molecular weight excluding hydrogens is 285 g/mol. The van der Waals surface area contributed by atoms with Gasteiger partial charge in [-0.1, -0.05) is 15.9 Å². The van der Waals surface area contributed by atoms with E-state index in [4.69, 9.17) is 5.73 Å². The van der Waals surface area contributed by atoms with Gasteiger partial charge in [-0.2, -0.15) is 13.2 Å². The smallest absolute Gasteiger partial charge is 0.381 e. The maximum Gasteiger partial charge on any atom is 0.418 e. The number of rotatable bonds is 3. The minimum absolute atomic E-state index is 0.0415. The van der Waals surface area contributed by atoms with Gasteiger partial charge in [0.15, 0.2) is 0 Å². The topological polar surface area (TPSA) is 38.0 Å². The average Bonchev–Trinajstić information content (AvgIpc) is 2.15. The van der Waals surface area contributed by atoms with E-state index in [1.54, 1.807) is 6.92 Å². The number of nitrogens with two attached hydrogens (primary N) is 1. The average molecular weight is 297 g/mol. The van der Waals surface area contributed by atoms with Crippen LogP contribution in [-0.4, -0.2) is 12.6 Å². The molecule has 2 nitrogen and oxygen atoms in total. The molecule has 1 rings (SSSR count). The summed E-state index contributed by atoms with van der Waals surface area (Å²) in [5, 5.41) is 2.73. The summed E-state index contributed by atoms with van der Waals surface area (Å²) in [7, 11) is 0. The van der Waals surface area contributed by atoms with E-state index in [0.717, 1.165) is 6.07 Å². The van der Waals surface area contributed by atoms with Crippen LogP contribution < -0.4 is 11.1 Å². The molecule has 1 aromatic rings. The van der Waals surface area contributed by atoms with Crippen molar-refractivity contribution >= 4 is 21.6 Å². The minimum Gasteiger partial charge on any atom is -0.381 e. The van der Waals surface area contributed by atoms with Crippen molar-refractivity contribution in [3.05, 3.63) is 28.2 Å². The Labute approximate surface area is 100 Å². The van der Waals surface area contributed by atoms with Gasteiger partial charge in [0, 0.05) is 22.7 Å². The first-order valence-corrected chi connectivity index (χ1v) is 5.47. The summed E-state index contributed by atoms with van der Waals surface area (Å²) < 4.78 is 38.5. The monoisotopic (exact) mass is 296 g/mol. The summed E-state index contributed by atoms with van der Waals surface area (Å²) in [6, 6.07) is 3.58. The second kappa shape index (κ2) is 5.05. The van der Waals surface area contributed by atoms with E-state index in [0.29, 0.717) is 4.47 Å². The number of benzene rings is 1. The normalized spacial score (nSPS) is 13.6. The largest absolute Gasteiger partial charge is 0.418 e. The fourth-order valence-electron chi connectivity index (χ4n) is 1.21. The summed E-state index contributed by atoms with van der Waals surface area (Å²) in [6.07, 6.45) is -4.36. The Kier molecular flexibility index (Phi) is 4.21. The molecule has 0 aromatic heterocycles. The van der Waals surface area contributed by atoms with Crippen molar-refractivity contribution in [2.24, 2.45) is 5.73 Å². The molecule has 0 bridgehead atoms. The molecule has 90 valence electrons. The van der Waals surface area contributed by atoms with Gasteiger partial charge in [-0.05, 0) is 25.1 Å². The second-order valence-electron chi connectivity index (χ2n) is 3.47. The van der Waals surface area contributed by atoms with Crippen LogP contribution in [0.2, 0.25) is 0 Å². The summed E-state index contributed by atoms with van der Waals surface area (Å²) in [4.78, 5) is 0. The Morgan fingerprint density at radius 3 is 2.56 bits per heavy atom. The molecule has 0 saturated heterocycles. The van der Waals surface area contributed by atoms with Crippen LogP contribution in [0.1, 0.15) is 12.5 Å². The van der Waals surface area contributed by atoms with Gasteiger partial charge in [0.1, 0.15) is 0 Å². The highest BCUT2D eigenvalue weighted by atomic mass is 79.9. The molecule has 16 heavy (non-hydrogen) atoms. The molecule has 1 atom stereocenters. The van der Waals surface area contributed by atoms with Crippen LogP contribution in [0.15, 0.2) is 22.7 Å². The van der Waals surface area contributed by atoms with Gasteiger partial charge in [-0.3, -0.25) is 0 Å². The molecule has 0 radical (unpaired) electrons. The molecule has 3 N–H and O–H groups in total. The lowest BCUT2D eigenvalue weighted by Crippen LogP contribution is -2.26. The highest BCUT2D eigenvalue weighted by Gasteiger charge is 2.33. The van der Waals surface area contributed by atoms with E-state index in [9.17, 15) is 13.2 Å². The van der Waals surface area contributed by atoms with Crippen molar-refractivity contribution in [1.29, 1.82) is 0 Å². The standard InChI is InChI=1S/C10H12BrF3N2/c1-6(5-15)16-9-4-7(11)2-3-8(9)10(12,13)14/h2-4,6,16H,5,15H2,1H3. The Balaban J connectivity index is 3.09. The molecule has 6 heteroatoms. The first kappa shape index (κ1) is 13.3. The molecule has 1 unspecified atom stereocenters.